The Bertz CT molecular complexity index is 831. The lowest BCUT2D eigenvalue weighted by molar-refractivity contribution is -0.144. The average molecular weight is 370 g/mol. The number of aliphatic carboxylic acids is 1. The lowest BCUT2D eigenvalue weighted by Crippen LogP contribution is -2.56. The van der Waals surface area contributed by atoms with E-state index in [0.717, 1.165) is 6.07 Å². The molecule has 3 rings (SSSR count). The molecule has 1 aromatic carbocycles. The Morgan fingerprint density at radius 3 is 2.60 bits per heavy atom. The van der Waals surface area contributed by atoms with Crippen molar-refractivity contribution in [2.24, 2.45) is 5.92 Å². The van der Waals surface area contributed by atoms with Crippen LogP contribution in [0.5, 0.6) is 0 Å². The van der Waals surface area contributed by atoms with Gasteiger partial charge < -0.3 is 10.4 Å². The van der Waals surface area contributed by atoms with E-state index in [4.69, 9.17) is 0 Å². The van der Waals surface area contributed by atoms with Crippen LogP contribution in [-0.4, -0.2) is 48.3 Å². The van der Waals surface area contributed by atoms with Crippen molar-refractivity contribution in [2.75, 3.05) is 13.1 Å². The molecule has 25 heavy (non-hydrogen) atoms. The van der Waals surface area contributed by atoms with E-state index in [1.807, 2.05) is 0 Å². The zero-order valence-electron chi connectivity index (χ0n) is 13.7. The van der Waals surface area contributed by atoms with E-state index in [1.165, 1.54) is 16.4 Å². The molecule has 0 radical (unpaired) electrons. The lowest BCUT2D eigenvalue weighted by Gasteiger charge is -2.40. The van der Waals surface area contributed by atoms with Crippen molar-refractivity contribution >= 4 is 21.9 Å². The standard InChI is InChI=1S/C16H19FN2O5S/c1-10-2-3-11(17)8-13(10)25(23,24)19-6-4-16(5-7-19)12(15(21)22)9-14(20)18-16/h2-3,8,12H,4-7,9H2,1H3,(H,18,20)(H,21,22)/t12-/m0/s1. The minimum atomic E-state index is -3.88. The number of hydrogen-bond donors (Lipinski definition) is 2. The number of rotatable bonds is 3. The summed E-state index contributed by atoms with van der Waals surface area (Å²) >= 11 is 0. The van der Waals surface area contributed by atoms with Gasteiger partial charge in [-0.1, -0.05) is 6.07 Å². The number of amides is 1. The molecule has 2 N–H and O–H groups in total. The van der Waals surface area contributed by atoms with Crippen molar-refractivity contribution in [3.05, 3.63) is 29.6 Å². The van der Waals surface area contributed by atoms with Gasteiger partial charge in [0, 0.05) is 19.5 Å². The molecule has 0 aromatic heterocycles. The first-order valence-corrected chi connectivity index (χ1v) is 9.40. The van der Waals surface area contributed by atoms with Crippen LogP contribution in [0.4, 0.5) is 4.39 Å². The molecule has 2 aliphatic rings. The number of aryl methyl sites for hydroxylation is 1. The monoisotopic (exact) mass is 370 g/mol. The number of halogens is 1. The molecule has 0 bridgehead atoms. The molecule has 0 saturated carbocycles. The van der Waals surface area contributed by atoms with Crippen LogP contribution in [0.25, 0.3) is 0 Å². The zero-order valence-corrected chi connectivity index (χ0v) is 14.5. The summed E-state index contributed by atoms with van der Waals surface area (Å²) in [5.74, 6) is -2.88. The lowest BCUT2D eigenvalue weighted by atomic mass is 9.78. The second kappa shape index (κ2) is 6.06. The summed E-state index contributed by atoms with van der Waals surface area (Å²) < 4.78 is 40.3. The number of nitrogens with zero attached hydrogens (tertiary/aromatic N) is 1. The van der Waals surface area contributed by atoms with Gasteiger partial charge in [-0.25, -0.2) is 12.8 Å². The molecule has 0 aliphatic carbocycles. The van der Waals surface area contributed by atoms with E-state index in [-0.39, 0.29) is 43.2 Å². The molecule has 136 valence electrons. The fourth-order valence-electron chi connectivity index (χ4n) is 3.71. The predicted molar refractivity (Wildman–Crippen MR) is 85.7 cm³/mol. The van der Waals surface area contributed by atoms with Gasteiger partial charge in [0.1, 0.15) is 5.82 Å². The molecule has 7 nitrogen and oxygen atoms in total. The topological polar surface area (TPSA) is 104 Å². The molecule has 2 fully saturated rings. The van der Waals surface area contributed by atoms with Gasteiger partial charge in [0.2, 0.25) is 15.9 Å². The zero-order chi connectivity index (χ0) is 18.4. The van der Waals surface area contributed by atoms with Gasteiger partial charge in [0.05, 0.1) is 16.4 Å². The van der Waals surface area contributed by atoms with Crippen molar-refractivity contribution in [1.82, 2.24) is 9.62 Å². The molecular formula is C16H19FN2O5S. The Hall–Kier alpha value is -2.00. The highest BCUT2D eigenvalue weighted by molar-refractivity contribution is 7.89. The Morgan fingerprint density at radius 1 is 1.36 bits per heavy atom. The fourth-order valence-corrected chi connectivity index (χ4v) is 5.39. The number of hydrogen-bond acceptors (Lipinski definition) is 4. The number of carbonyl (C=O) groups excluding carboxylic acids is 1. The largest absolute Gasteiger partial charge is 0.481 e. The predicted octanol–water partition coefficient (Wildman–Crippen LogP) is 0.878. The summed E-state index contributed by atoms with van der Waals surface area (Å²) in [6, 6.07) is 3.60. The number of carboxylic acid groups (broad SMARTS) is 1. The molecule has 2 saturated heterocycles. The van der Waals surface area contributed by atoms with Gasteiger partial charge in [-0.05, 0) is 37.5 Å². The van der Waals surface area contributed by atoms with Crippen LogP contribution in [0.2, 0.25) is 0 Å². The molecule has 0 unspecified atom stereocenters. The third-order valence-electron chi connectivity index (χ3n) is 5.13. The highest BCUT2D eigenvalue weighted by atomic mass is 32.2. The van der Waals surface area contributed by atoms with Gasteiger partial charge in [0.15, 0.2) is 0 Å². The van der Waals surface area contributed by atoms with Crippen molar-refractivity contribution in [1.29, 1.82) is 0 Å². The highest BCUT2D eigenvalue weighted by Gasteiger charge is 2.52. The number of nitrogens with one attached hydrogen (secondary N) is 1. The van der Waals surface area contributed by atoms with Crippen LogP contribution in [0, 0.1) is 18.7 Å². The third kappa shape index (κ3) is 3.02. The number of sulfonamides is 1. The first-order chi connectivity index (χ1) is 11.7. The Labute approximate surface area is 144 Å². The van der Waals surface area contributed by atoms with Gasteiger partial charge in [0.25, 0.3) is 0 Å². The van der Waals surface area contributed by atoms with Crippen LogP contribution < -0.4 is 5.32 Å². The second-order valence-electron chi connectivity index (χ2n) is 6.61. The van der Waals surface area contributed by atoms with E-state index in [0.29, 0.717) is 5.56 Å². The van der Waals surface area contributed by atoms with E-state index in [2.05, 4.69) is 5.32 Å². The van der Waals surface area contributed by atoms with Crippen LogP contribution >= 0.6 is 0 Å². The molecule has 9 heteroatoms. The van der Waals surface area contributed by atoms with Crippen LogP contribution in [0.1, 0.15) is 24.8 Å². The first kappa shape index (κ1) is 17.8. The fraction of sp³-hybridized carbons (Fsp3) is 0.500. The summed E-state index contributed by atoms with van der Waals surface area (Å²) in [5.41, 5.74) is -0.467. The summed E-state index contributed by atoms with van der Waals surface area (Å²) in [6.07, 6.45) is 0.331. The Morgan fingerprint density at radius 2 is 2.00 bits per heavy atom. The van der Waals surface area contributed by atoms with Crippen molar-refractivity contribution in [3.63, 3.8) is 0 Å². The van der Waals surface area contributed by atoms with Crippen LogP contribution in [0.15, 0.2) is 23.1 Å². The minimum absolute atomic E-state index is 0.0718. The number of carboxylic acids is 1. The average Bonchev–Trinajstić information content (AvgIpc) is 2.86. The van der Waals surface area contributed by atoms with Crippen molar-refractivity contribution in [2.45, 2.75) is 36.6 Å². The smallest absolute Gasteiger partial charge is 0.309 e. The van der Waals surface area contributed by atoms with Gasteiger partial charge in [-0.15, -0.1) is 0 Å². The molecule has 1 spiro atoms. The molecule has 2 aliphatic heterocycles. The molecule has 1 atom stereocenters. The van der Waals surface area contributed by atoms with Gasteiger partial charge in [-0.2, -0.15) is 4.31 Å². The molecule has 1 aromatic rings. The highest BCUT2D eigenvalue weighted by Crippen LogP contribution is 2.38. The summed E-state index contributed by atoms with van der Waals surface area (Å²) in [5, 5.41) is 12.1. The quantitative estimate of drug-likeness (QED) is 0.822. The number of benzene rings is 1. The SMILES string of the molecule is Cc1ccc(F)cc1S(=O)(=O)N1CCC2(CC1)NC(=O)C[C@H]2C(=O)O. The van der Waals surface area contributed by atoms with E-state index < -0.39 is 33.3 Å². The second-order valence-corrected chi connectivity index (χ2v) is 8.52. The maximum Gasteiger partial charge on any atom is 0.309 e. The summed E-state index contributed by atoms with van der Waals surface area (Å²) in [6.45, 7) is 1.74. The maximum atomic E-state index is 13.5. The van der Waals surface area contributed by atoms with Crippen molar-refractivity contribution < 1.29 is 27.5 Å². The van der Waals surface area contributed by atoms with Crippen LogP contribution in [-0.2, 0) is 19.6 Å². The third-order valence-corrected chi connectivity index (χ3v) is 7.17. The molecule has 2 heterocycles. The number of piperidine rings is 1. The Kier molecular flexibility index (Phi) is 4.32. The van der Waals surface area contributed by atoms with Gasteiger partial charge >= 0.3 is 5.97 Å². The Balaban J connectivity index is 1.83. The van der Waals surface area contributed by atoms with E-state index in [9.17, 15) is 27.5 Å². The van der Waals surface area contributed by atoms with E-state index >= 15 is 0 Å². The van der Waals surface area contributed by atoms with Gasteiger partial charge in [-0.3, -0.25) is 9.59 Å². The summed E-state index contributed by atoms with van der Waals surface area (Å²) in [4.78, 5) is 23.0. The van der Waals surface area contributed by atoms with Crippen LogP contribution in [0.3, 0.4) is 0 Å². The first-order valence-electron chi connectivity index (χ1n) is 7.96. The number of carbonyl (C=O) groups is 2. The molecule has 1 amide bonds. The van der Waals surface area contributed by atoms with Crippen molar-refractivity contribution in [3.8, 4) is 0 Å². The molecular weight excluding hydrogens is 351 g/mol. The normalized spacial score (nSPS) is 23.6. The maximum absolute atomic E-state index is 13.5. The van der Waals surface area contributed by atoms with E-state index in [1.54, 1.807) is 6.92 Å². The minimum Gasteiger partial charge on any atom is -0.481 e. The summed E-state index contributed by atoms with van der Waals surface area (Å²) in [7, 11) is -3.88.